The van der Waals surface area contributed by atoms with Gasteiger partial charge in [0.1, 0.15) is 5.75 Å². The standard InChI is InChI=1S/C27H26ClN7O5/c1-38-27-29-14-22(15-30-27)40-21-8-6-19(7-9-21)32-26-34-33-23(24(36)31-20-10-12-39-13-11-20)25(37)35(26)16-17-2-4-18(28)5-3-17/h2-9,14-15,20H,10-13,16H2,1H3,(H,31,36)(H,32,34). The Balaban J connectivity index is 1.37. The molecule has 1 aliphatic heterocycles. The van der Waals surface area contributed by atoms with Crippen LogP contribution in [0.2, 0.25) is 5.02 Å². The summed E-state index contributed by atoms with van der Waals surface area (Å²) < 4.78 is 17.4. The Morgan fingerprint density at radius 3 is 2.40 bits per heavy atom. The second-order valence-electron chi connectivity index (χ2n) is 8.91. The SMILES string of the molecule is COc1ncc(Oc2ccc(Nc3nnc(C(=O)NC4CCOCC4)c(=O)n3Cc3ccc(Cl)cc3)cc2)cn1. The number of hydrogen-bond acceptors (Lipinski definition) is 10. The number of aromatic nitrogens is 5. The molecule has 0 saturated carbocycles. The Morgan fingerprint density at radius 2 is 1.73 bits per heavy atom. The van der Waals surface area contributed by atoms with E-state index in [1.165, 1.54) is 24.1 Å². The number of hydrogen-bond donors (Lipinski definition) is 2. The largest absolute Gasteiger partial charge is 0.467 e. The van der Waals surface area contributed by atoms with Crippen LogP contribution in [0.3, 0.4) is 0 Å². The van der Waals surface area contributed by atoms with Gasteiger partial charge in [0.25, 0.3) is 11.5 Å². The number of anilines is 2. The lowest BCUT2D eigenvalue weighted by atomic mass is 10.1. The van der Waals surface area contributed by atoms with E-state index in [9.17, 15) is 9.59 Å². The molecule has 1 fully saturated rings. The molecule has 1 amide bonds. The summed E-state index contributed by atoms with van der Waals surface area (Å²) >= 11 is 6.03. The van der Waals surface area contributed by atoms with Gasteiger partial charge in [-0.1, -0.05) is 23.7 Å². The van der Waals surface area contributed by atoms with E-state index < -0.39 is 11.5 Å². The fraction of sp³-hybridized carbons (Fsp3) is 0.259. The van der Waals surface area contributed by atoms with Crippen LogP contribution in [0, 0.1) is 0 Å². The Morgan fingerprint density at radius 1 is 1.02 bits per heavy atom. The minimum Gasteiger partial charge on any atom is -0.467 e. The van der Waals surface area contributed by atoms with E-state index >= 15 is 0 Å². The summed E-state index contributed by atoms with van der Waals surface area (Å²) in [6.45, 7) is 1.25. The van der Waals surface area contributed by atoms with Crippen molar-refractivity contribution in [2.45, 2.75) is 25.4 Å². The molecule has 1 aliphatic rings. The van der Waals surface area contributed by atoms with Crippen LogP contribution in [-0.2, 0) is 11.3 Å². The van der Waals surface area contributed by atoms with Gasteiger partial charge in [0, 0.05) is 30.0 Å². The van der Waals surface area contributed by atoms with Gasteiger partial charge in [0.15, 0.2) is 5.75 Å². The van der Waals surface area contributed by atoms with Gasteiger partial charge >= 0.3 is 6.01 Å². The van der Waals surface area contributed by atoms with Crippen LogP contribution >= 0.6 is 11.6 Å². The molecule has 206 valence electrons. The maximum Gasteiger partial charge on any atom is 0.316 e. The van der Waals surface area contributed by atoms with E-state index in [0.29, 0.717) is 48.3 Å². The second-order valence-corrected chi connectivity index (χ2v) is 9.34. The molecule has 2 N–H and O–H groups in total. The maximum atomic E-state index is 13.5. The first-order valence-electron chi connectivity index (χ1n) is 12.5. The Kier molecular flexibility index (Phi) is 8.47. The fourth-order valence-electron chi connectivity index (χ4n) is 4.00. The number of nitrogens with zero attached hydrogens (tertiary/aromatic N) is 5. The van der Waals surface area contributed by atoms with Crippen molar-refractivity contribution in [2.75, 3.05) is 25.6 Å². The van der Waals surface area contributed by atoms with Crippen LogP contribution in [-0.4, -0.2) is 57.0 Å². The number of methoxy groups -OCH3 is 1. The third-order valence-corrected chi connectivity index (χ3v) is 6.36. The number of halogens is 1. The molecular weight excluding hydrogens is 538 g/mol. The molecule has 0 bridgehead atoms. The summed E-state index contributed by atoms with van der Waals surface area (Å²) in [6, 6.07) is 14.2. The van der Waals surface area contributed by atoms with E-state index in [-0.39, 0.29) is 30.2 Å². The van der Waals surface area contributed by atoms with Gasteiger partial charge in [0.05, 0.1) is 26.0 Å². The molecule has 0 radical (unpaired) electrons. The van der Waals surface area contributed by atoms with Crippen molar-refractivity contribution in [3.05, 3.63) is 87.6 Å². The van der Waals surface area contributed by atoms with Crippen LogP contribution < -0.4 is 25.7 Å². The molecule has 0 aliphatic carbocycles. The summed E-state index contributed by atoms with van der Waals surface area (Å²) in [5.74, 6) is 0.590. The lowest BCUT2D eigenvalue weighted by Gasteiger charge is -2.23. The highest BCUT2D eigenvalue weighted by Gasteiger charge is 2.23. The van der Waals surface area contributed by atoms with Gasteiger partial charge in [-0.2, -0.15) is 9.97 Å². The van der Waals surface area contributed by atoms with Crippen LogP contribution in [0.5, 0.6) is 17.5 Å². The van der Waals surface area contributed by atoms with Crippen molar-refractivity contribution in [3.63, 3.8) is 0 Å². The predicted octanol–water partition coefficient (Wildman–Crippen LogP) is 3.58. The predicted molar refractivity (Wildman–Crippen MR) is 147 cm³/mol. The molecule has 0 spiro atoms. The topological polar surface area (TPSA) is 142 Å². The highest BCUT2D eigenvalue weighted by molar-refractivity contribution is 6.30. The zero-order valence-corrected chi connectivity index (χ0v) is 22.3. The molecule has 2 aromatic heterocycles. The average Bonchev–Trinajstić information content (AvgIpc) is 2.98. The van der Waals surface area contributed by atoms with Gasteiger partial charge in [-0.25, -0.2) is 0 Å². The molecule has 1 saturated heterocycles. The monoisotopic (exact) mass is 563 g/mol. The third-order valence-electron chi connectivity index (χ3n) is 6.11. The lowest BCUT2D eigenvalue weighted by molar-refractivity contribution is 0.0692. The molecule has 4 aromatic rings. The van der Waals surface area contributed by atoms with Crippen molar-refractivity contribution in [3.8, 4) is 17.5 Å². The minimum atomic E-state index is -0.573. The van der Waals surface area contributed by atoms with Crippen LogP contribution in [0.4, 0.5) is 11.6 Å². The number of nitrogens with one attached hydrogen (secondary N) is 2. The van der Waals surface area contributed by atoms with E-state index in [0.717, 1.165) is 5.56 Å². The summed E-state index contributed by atoms with van der Waals surface area (Å²) in [5, 5.41) is 14.7. The Bertz CT molecular complexity index is 1510. The first kappa shape index (κ1) is 27.0. The smallest absolute Gasteiger partial charge is 0.316 e. The van der Waals surface area contributed by atoms with E-state index in [1.807, 2.05) is 0 Å². The minimum absolute atomic E-state index is 0.0878. The number of carbonyl (C=O) groups excluding carboxylic acids is 1. The van der Waals surface area contributed by atoms with Gasteiger partial charge in [0.2, 0.25) is 11.6 Å². The molecule has 0 unspecified atom stereocenters. The van der Waals surface area contributed by atoms with Crippen molar-refractivity contribution < 1.29 is 19.0 Å². The molecule has 40 heavy (non-hydrogen) atoms. The molecule has 0 atom stereocenters. The molecule has 3 heterocycles. The van der Waals surface area contributed by atoms with Crippen LogP contribution in [0.25, 0.3) is 0 Å². The summed E-state index contributed by atoms with van der Waals surface area (Å²) in [6.07, 6.45) is 4.34. The third kappa shape index (κ3) is 6.71. The summed E-state index contributed by atoms with van der Waals surface area (Å²) in [5.41, 5.74) is 0.563. The van der Waals surface area contributed by atoms with Crippen molar-refractivity contribution in [2.24, 2.45) is 0 Å². The van der Waals surface area contributed by atoms with Gasteiger partial charge < -0.3 is 24.8 Å². The van der Waals surface area contributed by atoms with Crippen LogP contribution in [0.15, 0.2) is 65.7 Å². The van der Waals surface area contributed by atoms with Crippen molar-refractivity contribution in [1.29, 1.82) is 0 Å². The summed E-state index contributed by atoms with van der Waals surface area (Å²) in [7, 11) is 1.48. The van der Waals surface area contributed by atoms with Gasteiger partial charge in [-0.15, -0.1) is 10.2 Å². The van der Waals surface area contributed by atoms with Gasteiger partial charge in [-0.05, 0) is 54.8 Å². The number of ether oxygens (including phenoxy) is 3. The molecule has 2 aromatic carbocycles. The van der Waals surface area contributed by atoms with Gasteiger partial charge in [-0.3, -0.25) is 14.2 Å². The average molecular weight is 564 g/mol. The number of amides is 1. The maximum absolute atomic E-state index is 13.5. The number of benzene rings is 2. The first-order chi connectivity index (χ1) is 19.5. The second kappa shape index (κ2) is 12.5. The highest BCUT2D eigenvalue weighted by atomic mass is 35.5. The van der Waals surface area contributed by atoms with Crippen LogP contribution in [0.1, 0.15) is 28.9 Å². The normalized spacial score (nSPS) is 13.4. The van der Waals surface area contributed by atoms with E-state index in [1.54, 1.807) is 48.5 Å². The first-order valence-corrected chi connectivity index (χ1v) is 12.9. The Hall–Kier alpha value is -4.55. The zero-order valence-electron chi connectivity index (χ0n) is 21.5. The molecular formula is C27H26ClN7O5. The van der Waals surface area contributed by atoms with Crippen molar-refractivity contribution >= 4 is 29.1 Å². The molecule has 5 rings (SSSR count). The number of rotatable bonds is 9. The number of carbonyl (C=O) groups is 1. The Labute approximate surface area is 234 Å². The zero-order chi connectivity index (χ0) is 27.9. The van der Waals surface area contributed by atoms with Crippen molar-refractivity contribution in [1.82, 2.24) is 30.0 Å². The quantitative estimate of drug-likeness (QED) is 0.310. The fourth-order valence-corrected chi connectivity index (χ4v) is 4.13. The molecule has 13 heteroatoms. The molecule has 12 nitrogen and oxygen atoms in total. The lowest BCUT2D eigenvalue weighted by Crippen LogP contribution is -2.43. The van der Waals surface area contributed by atoms with E-state index in [2.05, 4.69) is 30.8 Å². The highest BCUT2D eigenvalue weighted by Crippen LogP contribution is 2.24. The van der Waals surface area contributed by atoms with E-state index in [4.69, 9.17) is 25.8 Å². The summed E-state index contributed by atoms with van der Waals surface area (Å²) in [4.78, 5) is 34.5.